The van der Waals surface area contributed by atoms with Crippen LogP contribution < -0.4 is 4.74 Å². The molecule has 0 bridgehead atoms. The molecule has 0 spiro atoms. The highest BCUT2D eigenvalue weighted by molar-refractivity contribution is 6.31. The number of nitrogens with zero attached hydrogens (tertiary/aromatic N) is 3. The van der Waals surface area contributed by atoms with Gasteiger partial charge in [-0.2, -0.15) is 0 Å². The molecule has 3 rings (SSSR count). The van der Waals surface area contributed by atoms with Crippen LogP contribution >= 0.6 is 11.6 Å². The van der Waals surface area contributed by atoms with Crippen molar-refractivity contribution in [1.82, 2.24) is 15.0 Å². The SMILES string of the molecule is CC(F)(F)c1ccnc(CC(=O)c2cc(Cl)cc(Oc3cncnc3)c2)c1. The maximum Gasteiger partial charge on any atom is 0.270 e. The number of pyridine rings is 1. The molecule has 27 heavy (non-hydrogen) atoms. The van der Waals surface area contributed by atoms with Gasteiger partial charge in [0.25, 0.3) is 5.92 Å². The van der Waals surface area contributed by atoms with E-state index in [1.807, 2.05) is 0 Å². The van der Waals surface area contributed by atoms with Gasteiger partial charge < -0.3 is 4.74 Å². The summed E-state index contributed by atoms with van der Waals surface area (Å²) < 4.78 is 32.5. The second kappa shape index (κ2) is 7.75. The molecular weight excluding hydrogens is 376 g/mol. The number of alkyl halides is 2. The van der Waals surface area contributed by atoms with E-state index in [-0.39, 0.29) is 29.0 Å². The summed E-state index contributed by atoms with van der Waals surface area (Å²) in [4.78, 5) is 24.2. The molecule has 5 nitrogen and oxygen atoms in total. The number of Topliss-reactive ketones (excluding diaryl/α,β-unsaturated/α-hetero) is 1. The molecule has 2 aromatic heterocycles. The maximum absolute atomic E-state index is 13.5. The predicted molar refractivity (Wildman–Crippen MR) is 95.4 cm³/mol. The Kier molecular flexibility index (Phi) is 5.41. The van der Waals surface area contributed by atoms with Gasteiger partial charge in [0.2, 0.25) is 0 Å². The highest BCUT2D eigenvalue weighted by atomic mass is 35.5. The van der Waals surface area contributed by atoms with Crippen molar-refractivity contribution >= 4 is 17.4 Å². The van der Waals surface area contributed by atoms with E-state index in [2.05, 4.69) is 15.0 Å². The van der Waals surface area contributed by atoms with Crippen LogP contribution in [0.5, 0.6) is 11.5 Å². The van der Waals surface area contributed by atoms with Crippen LogP contribution in [0.25, 0.3) is 0 Å². The molecule has 0 atom stereocenters. The summed E-state index contributed by atoms with van der Waals surface area (Å²) in [5.74, 6) is -2.61. The molecule has 3 aromatic rings. The Morgan fingerprint density at radius 2 is 1.89 bits per heavy atom. The number of halogens is 3. The lowest BCUT2D eigenvalue weighted by Crippen LogP contribution is -2.10. The Hall–Kier alpha value is -2.93. The van der Waals surface area contributed by atoms with Gasteiger partial charge in [0.1, 0.15) is 12.1 Å². The number of carbonyl (C=O) groups is 1. The van der Waals surface area contributed by atoms with Crippen molar-refractivity contribution in [2.45, 2.75) is 19.3 Å². The van der Waals surface area contributed by atoms with E-state index in [1.165, 1.54) is 49.2 Å². The highest BCUT2D eigenvalue weighted by Gasteiger charge is 2.25. The zero-order chi connectivity index (χ0) is 19.4. The minimum absolute atomic E-state index is 0.141. The van der Waals surface area contributed by atoms with E-state index in [4.69, 9.17) is 16.3 Å². The molecule has 0 radical (unpaired) electrons. The molecule has 0 amide bonds. The smallest absolute Gasteiger partial charge is 0.270 e. The van der Waals surface area contributed by atoms with E-state index in [9.17, 15) is 13.6 Å². The fourth-order valence-electron chi connectivity index (χ4n) is 2.37. The molecule has 0 saturated carbocycles. The van der Waals surface area contributed by atoms with Gasteiger partial charge in [-0.3, -0.25) is 9.78 Å². The van der Waals surface area contributed by atoms with Crippen LogP contribution in [0.2, 0.25) is 5.02 Å². The lowest BCUT2D eigenvalue weighted by atomic mass is 10.0. The monoisotopic (exact) mass is 389 g/mol. The molecule has 0 aliphatic carbocycles. The van der Waals surface area contributed by atoms with E-state index in [0.717, 1.165) is 6.92 Å². The molecule has 1 aromatic carbocycles. The molecule has 8 heteroatoms. The minimum Gasteiger partial charge on any atom is -0.454 e. The third-order valence-electron chi connectivity index (χ3n) is 3.63. The fourth-order valence-corrected chi connectivity index (χ4v) is 2.60. The van der Waals surface area contributed by atoms with E-state index in [0.29, 0.717) is 16.5 Å². The van der Waals surface area contributed by atoms with Crippen molar-refractivity contribution in [3.63, 3.8) is 0 Å². The van der Waals surface area contributed by atoms with Crippen LogP contribution in [0.4, 0.5) is 8.78 Å². The Balaban J connectivity index is 1.81. The summed E-state index contributed by atoms with van der Waals surface area (Å²) in [6, 6.07) is 6.99. The van der Waals surface area contributed by atoms with Gasteiger partial charge in [-0.05, 0) is 30.3 Å². The second-order valence-electron chi connectivity index (χ2n) is 5.88. The molecule has 0 fully saturated rings. The zero-order valence-electron chi connectivity index (χ0n) is 14.2. The number of ketones is 1. The minimum atomic E-state index is -3.00. The van der Waals surface area contributed by atoms with Crippen LogP contribution in [-0.2, 0) is 12.3 Å². The van der Waals surface area contributed by atoms with Crippen LogP contribution in [0, 0.1) is 0 Å². The van der Waals surface area contributed by atoms with Crippen LogP contribution in [0.1, 0.15) is 28.5 Å². The Labute approximate surface area is 159 Å². The standard InChI is InChI=1S/C19H14ClF2N3O2/c1-19(21,22)13-2-3-25-15(6-13)8-18(26)12-4-14(20)7-16(5-12)27-17-9-23-11-24-10-17/h2-7,9-11H,8H2,1H3. The molecule has 0 N–H and O–H groups in total. The van der Waals surface area contributed by atoms with Crippen molar-refractivity contribution < 1.29 is 18.3 Å². The van der Waals surface area contributed by atoms with Crippen molar-refractivity contribution in [3.05, 3.63) is 77.1 Å². The number of rotatable bonds is 6. The van der Waals surface area contributed by atoms with Gasteiger partial charge in [0.15, 0.2) is 11.5 Å². The maximum atomic E-state index is 13.5. The normalized spacial score (nSPS) is 11.3. The zero-order valence-corrected chi connectivity index (χ0v) is 15.0. The number of carbonyl (C=O) groups excluding carboxylic acids is 1. The number of aromatic nitrogens is 3. The topological polar surface area (TPSA) is 65.0 Å². The highest BCUT2D eigenvalue weighted by Crippen LogP contribution is 2.28. The molecule has 0 saturated heterocycles. The lowest BCUT2D eigenvalue weighted by Gasteiger charge is -2.11. The first-order valence-corrected chi connectivity index (χ1v) is 8.29. The summed E-state index contributed by atoms with van der Waals surface area (Å²) in [6.07, 6.45) is 5.42. The van der Waals surface area contributed by atoms with Crippen LogP contribution in [0.3, 0.4) is 0 Å². The Bertz CT molecular complexity index is 963. The molecule has 2 heterocycles. The van der Waals surface area contributed by atoms with Crippen LogP contribution in [-0.4, -0.2) is 20.7 Å². The first kappa shape index (κ1) is 18.8. The van der Waals surface area contributed by atoms with Crippen molar-refractivity contribution in [2.24, 2.45) is 0 Å². The van der Waals surface area contributed by atoms with Gasteiger partial charge in [-0.25, -0.2) is 18.7 Å². The summed E-state index contributed by atoms with van der Waals surface area (Å²) in [6.45, 7) is 0.793. The predicted octanol–water partition coefficient (Wildman–Crippen LogP) is 4.85. The number of benzene rings is 1. The van der Waals surface area contributed by atoms with Gasteiger partial charge in [0.05, 0.1) is 18.8 Å². The average Bonchev–Trinajstić information content (AvgIpc) is 2.61. The largest absolute Gasteiger partial charge is 0.454 e. The number of hydrogen-bond acceptors (Lipinski definition) is 5. The third kappa shape index (κ3) is 5.04. The number of ether oxygens (including phenoxy) is 1. The molecular formula is C19H14ClF2N3O2. The molecule has 138 valence electrons. The number of hydrogen-bond donors (Lipinski definition) is 0. The van der Waals surface area contributed by atoms with Gasteiger partial charge in [0, 0.05) is 35.0 Å². The average molecular weight is 390 g/mol. The fraction of sp³-hybridized carbons (Fsp3) is 0.158. The van der Waals surface area contributed by atoms with Crippen molar-refractivity contribution in [1.29, 1.82) is 0 Å². The molecule has 0 aliphatic heterocycles. The van der Waals surface area contributed by atoms with Crippen LogP contribution in [0.15, 0.2) is 55.2 Å². The summed E-state index contributed by atoms with van der Waals surface area (Å²) in [5, 5.41) is 0.300. The Morgan fingerprint density at radius 3 is 2.59 bits per heavy atom. The van der Waals surface area contributed by atoms with Crippen molar-refractivity contribution in [2.75, 3.05) is 0 Å². The van der Waals surface area contributed by atoms with Gasteiger partial charge in [-0.15, -0.1) is 0 Å². The van der Waals surface area contributed by atoms with Gasteiger partial charge >= 0.3 is 0 Å². The van der Waals surface area contributed by atoms with E-state index >= 15 is 0 Å². The first-order chi connectivity index (χ1) is 12.8. The molecule has 0 aliphatic rings. The summed E-state index contributed by atoms with van der Waals surface area (Å²) >= 11 is 6.07. The van der Waals surface area contributed by atoms with E-state index < -0.39 is 5.92 Å². The third-order valence-corrected chi connectivity index (χ3v) is 3.85. The van der Waals surface area contributed by atoms with Crippen molar-refractivity contribution in [3.8, 4) is 11.5 Å². The molecule has 0 unspecified atom stereocenters. The van der Waals surface area contributed by atoms with E-state index in [1.54, 1.807) is 6.07 Å². The quantitative estimate of drug-likeness (QED) is 0.563. The Morgan fingerprint density at radius 1 is 1.15 bits per heavy atom. The summed E-state index contributed by atoms with van der Waals surface area (Å²) in [5.41, 5.74) is 0.335. The first-order valence-electron chi connectivity index (χ1n) is 7.91. The van der Waals surface area contributed by atoms with Gasteiger partial charge in [-0.1, -0.05) is 11.6 Å². The second-order valence-corrected chi connectivity index (χ2v) is 6.31. The summed E-state index contributed by atoms with van der Waals surface area (Å²) in [7, 11) is 0. The lowest BCUT2D eigenvalue weighted by molar-refractivity contribution is 0.0172.